The minimum absolute atomic E-state index is 0.644. The summed E-state index contributed by atoms with van der Waals surface area (Å²) in [7, 11) is 1.72. The summed E-state index contributed by atoms with van der Waals surface area (Å²) in [6.45, 7) is 6.39. The summed E-state index contributed by atoms with van der Waals surface area (Å²) in [4.78, 5) is 2.27. The van der Waals surface area contributed by atoms with Gasteiger partial charge in [-0.1, -0.05) is 0 Å². The van der Waals surface area contributed by atoms with Gasteiger partial charge in [0.15, 0.2) is 0 Å². The fourth-order valence-corrected chi connectivity index (χ4v) is 1.77. The molecular formula is C11H20ClN3O. The normalized spacial score (nSPS) is 11.2. The Labute approximate surface area is 102 Å². The van der Waals surface area contributed by atoms with Crippen LogP contribution in [-0.2, 0) is 17.8 Å². The second-order valence-electron chi connectivity index (χ2n) is 3.66. The van der Waals surface area contributed by atoms with Crippen molar-refractivity contribution in [2.75, 3.05) is 32.7 Å². The van der Waals surface area contributed by atoms with Gasteiger partial charge in [-0.15, -0.1) is 11.6 Å². The van der Waals surface area contributed by atoms with Gasteiger partial charge < -0.3 is 4.74 Å². The van der Waals surface area contributed by atoms with Crippen molar-refractivity contribution in [3.8, 4) is 0 Å². The molecule has 0 N–H and O–H groups in total. The number of aryl methyl sites for hydroxylation is 1. The molecule has 1 rings (SSSR count). The minimum atomic E-state index is 0.644. The van der Waals surface area contributed by atoms with Crippen molar-refractivity contribution in [2.45, 2.75) is 20.0 Å². The lowest BCUT2D eigenvalue weighted by atomic mass is 10.3. The van der Waals surface area contributed by atoms with Crippen LogP contribution < -0.4 is 0 Å². The summed E-state index contributed by atoms with van der Waals surface area (Å²) in [6, 6.07) is 0. The van der Waals surface area contributed by atoms with E-state index in [9.17, 15) is 0 Å². The van der Waals surface area contributed by atoms with Gasteiger partial charge in [-0.05, 0) is 6.92 Å². The van der Waals surface area contributed by atoms with E-state index in [1.165, 1.54) is 5.56 Å². The van der Waals surface area contributed by atoms with Gasteiger partial charge in [-0.25, -0.2) is 0 Å². The van der Waals surface area contributed by atoms with Gasteiger partial charge in [-0.2, -0.15) is 5.10 Å². The molecule has 1 aromatic heterocycles. The van der Waals surface area contributed by atoms with Crippen LogP contribution >= 0.6 is 11.6 Å². The highest BCUT2D eigenvalue weighted by Crippen LogP contribution is 2.04. The zero-order chi connectivity index (χ0) is 11.8. The van der Waals surface area contributed by atoms with Gasteiger partial charge in [-0.3, -0.25) is 9.58 Å². The minimum Gasteiger partial charge on any atom is -0.383 e. The Morgan fingerprint density at radius 2 is 2.31 bits per heavy atom. The SMILES string of the molecule is CCn1cc(CN(CCCl)CCOC)cn1. The van der Waals surface area contributed by atoms with Crippen LogP contribution in [0.15, 0.2) is 12.4 Å². The molecule has 0 radical (unpaired) electrons. The van der Waals surface area contributed by atoms with Crippen LogP contribution in [-0.4, -0.2) is 47.4 Å². The van der Waals surface area contributed by atoms with E-state index in [4.69, 9.17) is 16.3 Å². The van der Waals surface area contributed by atoms with E-state index in [-0.39, 0.29) is 0 Å². The molecule has 1 heterocycles. The first-order chi connectivity index (χ1) is 7.80. The second-order valence-corrected chi connectivity index (χ2v) is 4.04. The largest absolute Gasteiger partial charge is 0.383 e. The first kappa shape index (κ1) is 13.5. The molecule has 0 atom stereocenters. The zero-order valence-electron chi connectivity index (χ0n) is 10.0. The Kier molecular flexibility index (Phi) is 6.45. The average Bonchev–Trinajstić information content (AvgIpc) is 2.74. The van der Waals surface area contributed by atoms with Gasteiger partial charge in [0, 0.05) is 50.9 Å². The quantitative estimate of drug-likeness (QED) is 0.652. The van der Waals surface area contributed by atoms with Gasteiger partial charge in [0.1, 0.15) is 0 Å². The molecule has 16 heavy (non-hydrogen) atoms. The summed E-state index contributed by atoms with van der Waals surface area (Å²) in [5.74, 6) is 0.644. The lowest BCUT2D eigenvalue weighted by Gasteiger charge is -2.19. The number of alkyl halides is 1. The fourth-order valence-electron chi connectivity index (χ4n) is 1.53. The number of methoxy groups -OCH3 is 1. The summed E-state index contributed by atoms with van der Waals surface area (Å²) in [6.07, 6.45) is 3.99. The number of hydrogen-bond donors (Lipinski definition) is 0. The number of hydrogen-bond acceptors (Lipinski definition) is 3. The number of rotatable bonds is 8. The molecule has 1 aromatic rings. The Morgan fingerprint density at radius 1 is 1.50 bits per heavy atom. The van der Waals surface area contributed by atoms with E-state index in [0.717, 1.165) is 32.8 Å². The Balaban J connectivity index is 2.46. The molecule has 4 nitrogen and oxygen atoms in total. The van der Waals surface area contributed by atoms with Crippen molar-refractivity contribution >= 4 is 11.6 Å². The highest BCUT2D eigenvalue weighted by atomic mass is 35.5. The molecule has 0 amide bonds. The standard InChI is InChI=1S/C11H20ClN3O/c1-3-15-10-11(8-13-15)9-14(5-4-12)6-7-16-2/h8,10H,3-7,9H2,1-2H3. The highest BCUT2D eigenvalue weighted by molar-refractivity contribution is 6.18. The third kappa shape index (κ3) is 4.51. The zero-order valence-corrected chi connectivity index (χ0v) is 10.8. The average molecular weight is 246 g/mol. The number of nitrogens with zero attached hydrogens (tertiary/aromatic N) is 3. The van der Waals surface area contributed by atoms with E-state index in [1.54, 1.807) is 7.11 Å². The van der Waals surface area contributed by atoms with Crippen LogP contribution in [0, 0.1) is 0 Å². The first-order valence-electron chi connectivity index (χ1n) is 5.58. The molecule has 0 bridgehead atoms. The summed E-state index contributed by atoms with van der Waals surface area (Å²) in [5.41, 5.74) is 1.23. The molecule has 0 fully saturated rings. The Bertz CT molecular complexity index is 291. The molecule has 0 aliphatic rings. The van der Waals surface area contributed by atoms with E-state index in [0.29, 0.717) is 5.88 Å². The molecule has 0 unspecified atom stereocenters. The molecule has 0 saturated carbocycles. The Hall–Kier alpha value is -0.580. The van der Waals surface area contributed by atoms with Crippen molar-refractivity contribution < 1.29 is 4.74 Å². The molecule has 0 aliphatic carbocycles. The van der Waals surface area contributed by atoms with Crippen LogP contribution in [0.1, 0.15) is 12.5 Å². The van der Waals surface area contributed by atoms with Crippen molar-refractivity contribution in [3.63, 3.8) is 0 Å². The monoisotopic (exact) mass is 245 g/mol. The third-order valence-corrected chi connectivity index (χ3v) is 2.60. The summed E-state index contributed by atoms with van der Waals surface area (Å²) >= 11 is 5.77. The molecule has 92 valence electrons. The van der Waals surface area contributed by atoms with Gasteiger partial charge in [0.05, 0.1) is 12.8 Å². The predicted molar refractivity (Wildman–Crippen MR) is 65.8 cm³/mol. The molecule has 5 heteroatoms. The molecule has 0 aromatic carbocycles. The molecule has 0 aliphatic heterocycles. The maximum Gasteiger partial charge on any atom is 0.0589 e. The van der Waals surface area contributed by atoms with E-state index in [1.807, 2.05) is 10.9 Å². The predicted octanol–water partition coefficient (Wildman–Crippen LogP) is 1.59. The summed E-state index contributed by atoms with van der Waals surface area (Å²) < 4.78 is 7.01. The van der Waals surface area contributed by atoms with Gasteiger partial charge in [0.2, 0.25) is 0 Å². The molecular weight excluding hydrogens is 226 g/mol. The number of ether oxygens (including phenoxy) is 1. The molecule has 0 spiro atoms. The van der Waals surface area contributed by atoms with Crippen molar-refractivity contribution in [2.24, 2.45) is 0 Å². The highest BCUT2D eigenvalue weighted by Gasteiger charge is 2.06. The lowest BCUT2D eigenvalue weighted by molar-refractivity contribution is 0.148. The van der Waals surface area contributed by atoms with Crippen LogP contribution in [0.3, 0.4) is 0 Å². The van der Waals surface area contributed by atoms with Crippen LogP contribution in [0.4, 0.5) is 0 Å². The van der Waals surface area contributed by atoms with Crippen LogP contribution in [0.2, 0.25) is 0 Å². The van der Waals surface area contributed by atoms with Gasteiger partial charge in [0.25, 0.3) is 0 Å². The third-order valence-electron chi connectivity index (χ3n) is 2.43. The van der Waals surface area contributed by atoms with E-state index < -0.39 is 0 Å². The fraction of sp³-hybridized carbons (Fsp3) is 0.727. The Morgan fingerprint density at radius 3 is 2.88 bits per heavy atom. The molecule has 0 saturated heterocycles. The first-order valence-corrected chi connectivity index (χ1v) is 6.12. The maximum atomic E-state index is 5.77. The van der Waals surface area contributed by atoms with Crippen LogP contribution in [0.5, 0.6) is 0 Å². The number of aromatic nitrogens is 2. The smallest absolute Gasteiger partial charge is 0.0589 e. The van der Waals surface area contributed by atoms with Gasteiger partial charge >= 0.3 is 0 Å². The number of halogens is 1. The van der Waals surface area contributed by atoms with E-state index in [2.05, 4.69) is 23.1 Å². The van der Waals surface area contributed by atoms with Crippen LogP contribution in [0.25, 0.3) is 0 Å². The van der Waals surface area contributed by atoms with Crippen molar-refractivity contribution in [3.05, 3.63) is 18.0 Å². The summed E-state index contributed by atoms with van der Waals surface area (Å²) in [5, 5.41) is 4.25. The topological polar surface area (TPSA) is 30.3 Å². The lowest BCUT2D eigenvalue weighted by Crippen LogP contribution is -2.28. The van der Waals surface area contributed by atoms with Crippen molar-refractivity contribution in [1.29, 1.82) is 0 Å². The van der Waals surface area contributed by atoms with Crippen molar-refractivity contribution in [1.82, 2.24) is 14.7 Å². The second kappa shape index (κ2) is 7.65. The maximum absolute atomic E-state index is 5.77. The van der Waals surface area contributed by atoms with E-state index >= 15 is 0 Å².